The first kappa shape index (κ1) is 21.1. The summed E-state index contributed by atoms with van der Waals surface area (Å²) in [5.41, 5.74) is 0. The number of amides is 3. The Bertz CT molecular complexity index is 596. The quantitative estimate of drug-likeness (QED) is 0.477. The molecule has 0 aromatic heterocycles. The van der Waals surface area contributed by atoms with Crippen molar-refractivity contribution in [3.05, 3.63) is 0 Å². The molecule has 2 aliphatic heterocycles. The van der Waals surface area contributed by atoms with Crippen LogP contribution < -0.4 is 10.6 Å². The third kappa shape index (κ3) is 4.97. The summed E-state index contributed by atoms with van der Waals surface area (Å²) in [6.45, 7) is 6.51. The number of aliphatic carboxylic acids is 1. The summed E-state index contributed by atoms with van der Waals surface area (Å²) in [5, 5.41) is 14.7. The van der Waals surface area contributed by atoms with Crippen LogP contribution in [0.25, 0.3) is 0 Å². The zero-order chi connectivity index (χ0) is 20.1. The van der Waals surface area contributed by atoms with E-state index in [4.69, 9.17) is 4.74 Å². The van der Waals surface area contributed by atoms with Gasteiger partial charge in [-0.1, -0.05) is 27.2 Å². The smallest absolute Gasteiger partial charge is 0.326 e. The van der Waals surface area contributed by atoms with Gasteiger partial charge in [-0.05, 0) is 25.2 Å². The van der Waals surface area contributed by atoms with Crippen molar-refractivity contribution in [1.82, 2.24) is 15.5 Å². The van der Waals surface area contributed by atoms with Gasteiger partial charge in [0.15, 0.2) is 12.2 Å². The van der Waals surface area contributed by atoms with Gasteiger partial charge < -0.3 is 25.4 Å². The van der Waals surface area contributed by atoms with Crippen molar-refractivity contribution in [2.24, 2.45) is 5.92 Å². The van der Waals surface area contributed by atoms with E-state index in [1.165, 1.54) is 4.90 Å². The van der Waals surface area contributed by atoms with Crippen LogP contribution in [0.4, 0.5) is 0 Å². The fourth-order valence-electron chi connectivity index (χ4n) is 3.24. The van der Waals surface area contributed by atoms with Gasteiger partial charge in [0.2, 0.25) is 5.91 Å². The van der Waals surface area contributed by atoms with Crippen LogP contribution in [0.15, 0.2) is 0 Å². The van der Waals surface area contributed by atoms with Crippen LogP contribution in [0, 0.1) is 5.92 Å². The van der Waals surface area contributed by atoms with Crippen molar-refractivity contribution < 1.29 is 29.0 Å². The maximum atomic E-state index is 12.9. The largest absolute Gasteiger partial charge is 0.480 e. The predicted octanol–water partition coefficient (Wildman–Crippen LogP) is -0.113. The van der Waals surface area contributed by atoms with E-state index in [0.717, 1.165) is 6.42 Å². The fourth-order valence-corrected chi connectivity index (χ4v) is 3.24. The molecule has 27 heavy (non-hydrogen) atoms. The number of ether oxygens (including phenoxy) is 1. The van der Waals surface area contributed by atoms with Gasteiger partial charge in [0.1, 0.15) is 12.1 Å². The molecule has 2 saturated heterocycles. The van der Waals surface area contributed by atoms with E-state index in [0.29, 0.717) is 32.4 Å². The number of nitrogens with one attached hydrogen (secondary N) is 2. The first-order chi connectivity index (χ1) is 12.8. The molecule has 0 aromatic rings. The number of likely N-dealkylation sites (tertiary alicyclic amines) is 1. The van der Waals surface area contributed by atoms with Crippen LogP contribution in [-0.4, -0.2) is 71.1 Å². The summed E-state index contributed by atoms with van der Waals surface area (Å²) >= 11 is 0. The molecular weight excluding hydrogens is 354 g/mol. The number of carbonyl (C=O) groups is 4. The molecule has 2 heterocycles. The molecule has 152 valence electrons. The molecule has 0 saturated carbocycles. The standard InChI is InChI=1S/C18H29N3O6/c1-4-8-19-15(22)13-14(27-13)16(23)20-12(10(3)5-2)17(24)21-9-6-7-11(21)18(25)26/h10-14H,4-9H2,1-3H3,(H,19,22)(H,20,23)(H,25,26)/t10-,11+,12+,13-,14+/m1/s1. The molecular formula is C18H29N3O6. The van der Waals surface area contributed by atoms with E-state index in [9.17, 15) is 24.3 Å². The highest BCUT2D eigenvalue weighted by Crippen LogP contribution is 2.25. The minimum absolute atomic E-state index is 0.178. The molecule has 0 aromatic carbocycles. The van der Waals surface area contributed by atoms with E-state index in [-0.39, 0.29) is 11.8 Å². The zero-order valence-corrected chi connectivity index (χ0v) is 16.1. The Labute approximate surface area is 158 Å². The summed E-state index contributed by atoms with van der Waals surface area (Å²) in [6.07, 6.45) is 0.704. The van der Waals surface area contributed by atoms with Crippen molar-refractivity contribution in [3.63, 3.8) is 0 Å². The van der Waals surface area contributed by atoms with Gasteiger partial charge in [-0.3, -0.25) is 14.4 Å². The van der Waals surface area contributed by atoms with Crippen LogP contribution in [0.3, 0.4) is 0 Å². The Hall–Kier alpha value is -2.16. The number of carboxylic acids is 1. The average molecular weight is 383 g/mol. The maximum absolute atomic E-state index is 12.9. The summed E-state index contributed by atoms with van der Waals surface area (Å²) in [4.78, 5) is 49.9. The van der Waals surface area contributed by atoms with E-state index in [1.807, 2.05) is 20.8 Å². The lowest BCUT2D eigenvalue weighted by molar-refractivity contribution is -0.150. The fraction of sp³-hybridized carbons (Fsp3) is 0.778. The summed E-state index contributed by atoms with van der Waals surface area (Å²) in [5.74, 6) is -2.46. The Morgan fingerprint density at radius 3 is 2.44 bits per heavy atom. The van der Waals surface area contributed by atoms with Crippen molar-refractivity contribution in [1.29, 1.82) is 0 Å². The van der Waals surface area contributed by atoms with Crippen molar-refractivity contribution >= 4 is 23.7 Å². The van der Waals surface area contributed by atoms with Crippen molar-refractivity contribution in [3.8, 4) is 0 Å². The SMILES string of the molecule is CCCNC(=O)[C@@H]1O[C@@H]1C(=O)N[C@H](C(=O)N1CCC[C@H]1C(=O)O)[C@H](C)CC. The second kappa shape index (κ2) is 9.16. The minimum atomic E-state index is -1.03. The number of hydrogen-bond acceptors (Lipinski definition) is 5. The molecule has 0 spiro atoms. The molecule has 3 amide bonds. The summed E-state index contributed by atoms with van der Waals surface area (Å²) in [6, 6.07) is -1.70. The number of epoxide rings is 1. The van der Waals surface area contributed by atoms with Gasteiger partial charge in [0.05, 0.1) is 0 Å². The molecule has 0 unspecified atom stereocenters. The number of rotatable bonds is 9. The monoisotopic (exact) mass is 383 g/mol. The molecule has 9 heteroatoms. The van der Waals surface area contributed by atoms with E-state index >= 15 is 0 Å². The Morgan fingerprint density at radius 2 is 1.85 bits per heavy atom. The molecule has 3 N–H and O–H groups in total. The number of carbonyl (C=O) groups excluding carboxylic acids is 3. The maximum Gasteiger partial charge on any atom is 0.326 e. The lowest BCUT2D eigenvalue weighted by Crippen LogP contribution is -2.55. The van der Waals surface area contributed by atoms with Crippen LogP contribution in [-0.2, 0) is 23.9 Å². The molecule has 0 bridgehead atoms. The van der Waals surface area contributed by atoms with Crippen LogP contribution in [0.1, 0.15) is 46.5 Å². The molecule has 2 fully saturated rings. The zero-order valence-electron chi connectivity index (χ0n) is 16.1. The highest BCUT2D eigenvalue weighted by Gasteiger charge is 2.51. The minimum Gasteiger partial charge on any atom is -0.480 e. The number of hydrogen-bond donors (Lipinski definition) is 3. The molecule has 0 aliphatic carbocycles. The number of carboxylic acid groups (broad SMARTS) is 1. The van der Waals surface area contributed by atoms with Gasteiger partial charge in [0.25, 0.3) is 11.8 Å². The first-order valence-corrected chi connectivity index (χ1v) is 9.58. The van der Waals surface area contributed by atoms with Gasteiger partial charge in [0, 0.05) is 13.1 Å². The van der Waals surface area contributed by atoms with Gasteiger partial charge in [-0.15, -0.1) is 0 Å². The second-order valence-electron chi connectivity index (χ2n) is 7.17. The average Bonchev–Trinajstić information content (AvgIpc) is 3.30. The topological polar surface area (TPSA) is 128 Å². The third-order valence-corrected chi connectivity index (χ3v) is 5.16. The molecule has 0 radical (unpaired) electrons. The molecule has 2 aliphatic rings. The van der Waals surface area contributed by atoms with E-state index in [1.54, 1.807) is 0 Å². The molecule has 9 nitrogen and oxygen atoms in total. The Kier molecular flexibility index (Phi) is 7.18. The first-order valence-electron chi connectivity index (χ1n) is 9.58. The van der Waals surface area contributed by atoms with Crippen molar-refractivity contribution in [2.75, 3.05) is 13.1 Å². The highest BCUT2D eigenvalue weighted by atomic mass is 16.6. The Morgan fingerprint density at radius 1 is 1.19 bits per heavy atom. The molecule has 2 rings (SSSR count). The second-order valence-corrected chi connectivity index (χ2v) is 7.17. The van der Waals surface area contributed by atoms with E-state index in [2.05, 4.69) is 10.6 Å². The van der Waals surface area contributed by atoms with Crippen LogP contribution >= 0.6 is 0 Å². The Balaban J connectivity index is 2.01. The summed E-state index contributed by atoms with van der Waals surface area (Å²) in [7, 11) is 0. The van der Waals surface area contributed by atoms with Gasteiger partial charge in [-0.2, -0.15) is 0 Å². The van der Waals surface area contributed by atoms with Crippen LogP contribution in [0.5, 0.6) is 0 Å². The van der Waals surface area contributed by atoms with Crippen molar-refractivity contribution in [2.45, 2.75) is 70.7 Å². The third-order valence-electron chi connectivity index (χ3n) is 5.16. The normalized spacial score (nSPS) is 26.2. The van der Waals surface area contributed by atoms with Gasteiger partial charge >= 0.3 is 5.97 Å². The van der Waals surface area contributed by atoms with E-state index < -0.39 is 42.1 Å². The molecule has 5 atom stereocenters. The van der Waals surface area contributed by atoms with Gasteiger partial charge in [-0.25, -0.2) is 4.79 Å². The highest BCUT2D eigenvalue weighted by molar-refractivity contribution is 5.97. The van der Waals surface area contributed by atoms with Crippen LogP contribution in [0.2, 0.25) is 0 Å². The number of nitrogens with zero attached hydrogens (tertiary/aromatic N) is 1. The lowest BCUT2D eigenvalue weighted by Gasteiger charge is -2.30. The lowest BCUT2D eigenvalue weighted by atomic mass is 9.97. The predicted molar refractivity (Wildman–Crippen MR) is 95.7 cm³/mol. The summed E-state index contributed by atoms with van der Waals surface area (Å²) < 4.78 is 5.17.